The average molecular weight is 478 g/mol. The van der Waals surface area contributed by atoms with Gasteiger partial charge in [0, 0.05) is 32.8 Å². The summed E-state index contributed by atoms with van der Waals surface area (Å²) < 4.78 is 10.7. The van der Waals surface area contributed by atoms with Gasteiger partial charge in [0.1, 0.15) is 5.75 Å². The third-order valence-corrected chi connectivity index (χ3v) is 5.59. The highest BCUT2D eigenvalue weighted by atomic mass is 16.5. The lowest BCUT2D eigenvalue weighted by Gasteiger charge is -2.23. The van der Waals surface area contributed by atoms with Crippen LogP contribution in [0.2, 0.25) is 0 Å². The summed E-state index contributed by atoms with van der Waals surface area (Å²) in [4.78, 5) is 31.4. The zero-order valence-electron chi connectivity index (χ0n) is 20.8. The molecule has 7 heteroatoms. The Bertz CT molecular complexity index is 1150. The number of benzene rings is 2. The molecule has 0 aliphatic carbocycles. The smallest absolute Gasteiger partial charge is 0.317 e. The second-order valence-corrected chi connectivity index (χ2v) is 8.20. The van der Waals surface area contributed by atoms with Crippen LogP contribution in [0, 0.1) is 6.92 Å². The van der Waals surface area contributed by atoms with Crippen molar-refractivity contribution in [2.75, 3.05) is 20.3 Å². The molecular formula is C28H35N3O4. The van der Waals surface area contributed by atoms with Crippen molar-refractivity contribution >= 4 is 12.0 Å². The van der Waals surface area contributed by atoms with E-state index < -0.39 is 0 Å². The van der Waals surface area contributed by atoms with Crippen molar-refractivity contribution < 1.29 is 20.5 Å². The van der Waals surface area contributed by atoms with Crippen LogP contribution in [0.25, 0.3) is 11.3 Å². The van der Waals surface area contributed by atoms with Gasteiger partial charge in [-0.15, -0.1) is 0 Å². The minimum Gasteiger partial charge on any atom is -0.496 e. The maximum atomic E-state index is 13.0. The monoisotopic (exact) mass is 477 g/mol. The molecule has 0 atom stereocenters. The average Bonchev–Trinajstić information content (AvgIpc) is 2.86. The summed E-state index contributed by atoms with van der Waals surface area (Å²) in [7, 11) is 1.60. The Hall–Kier alpha value is -3.87. The van der Waals surface area contributed by atoms with Crippen LogP contribution in [0.5, 0.6) is 5.75 Å². The minimum atomic E-state index is -0.284. The van der Waals surface area contributed by atoms with Crippen molar-refractivity contribution in [3.8, 4) is 17.0 Å². The summed E-state index contributed by atoms with van der Waals surface area (Å²) in [5.41, 5.74) is 5.22. The number of methoxy groups -OCH3 is 1. The van der Waals surface area contributed by atoms with Crippen LogP contribution in [0.15, 0.2) is 60.8 Å². The topological polar surface area (TPSA) is 80.8 Å². The van der Waals surface area contributed by atoms with E-state index in [2.05, 4.69) is 5.32 Å². The van der Waals surface area contributed by atoms with Crippen molar-refractivity contribution in [1.29, 1.82) is 0 Å². The van der Waals surface area contributed by atoms with Gasteiger partial charge >= 0.3 is 12.0 Å². The number of pyridine rings is 1. The van der Waals surface area contributed by atoms with Crippen LogP contribution >= 0.6 is 0 Å². The molecule has 0 aliphatic heterocycles. The van der Waals surface area contributed by atoms with Crippen molar-refractivity contribution in [3.63, 3.8) is 0 Å². The first-order valence-electron chi connectivity index (χ1n) is 11.8. The van der Waals surface area contributed by atoms with E-state index in [1.54, 1.807) is 25.1 Å². The summed E-state index contributed by atoms with van der Waals surface area (Å²) in [6.45, 7) is 7.42. The number of nitrogens with one attached hydrogen (secondary N) is 1. The maximum Gasteiger partial charge on any atom is 0.317 e. The first kappa shape index (κ1) is 25.7. The number of nitrogens with zero attached hydrogens (tertiary/aromatic N) is 2. The number of rotatable bonds is 10. The number of ether oxygens (including phenoxy) is 2. The second kappa shape index (κ2) is 12.6. The van der Waals surface area contributed by atoms with Crippen LogP contribution in [-0.2, 0) is 29.0 Å². The molecule has 186 valence electrons. The number of carbonyl (C=O) groups excluding carboxylic acids is 2. The number of carbonyl (C=O) groups is 2. The van der Waals surface area contributed by atoms with Gasteiger partial charge in [0.05, 0.1) is 25.8 Å². The summed E-state index contributed by atoms with van der Waals surface area (Å²) in [5.74, 6) is 0.361. The number of aromatic nitrogens is 1. The van der Waals surface area contributed by atoms with Crippen molar-refractivity contribution in [1.82, 2.24) is 15.2 Å². The fraction of sp³-hybridized carbons (Fsp3) is 0.321. The zero-order chi connectivity index (χ0) is 25.2. The van der Waals surface area contributed by atoms with Gasteiger partial charge < -0.3 is 19.7 Å². The summed E-state index contributed by atoms with van der Waals surface area (Å²) in [5, 5.41) is 3.00. The molecule has 0 unspecified atom stereocenters. The molecule has 2 aromatic carbocycles. The molecule has 0 radical (unpaired) electrons. The van der Waals surface area contributed by atoms with Crippen molar-refractivity contribution in [2.45, 2.75) is 40.3 Å². The summed E-state index contributed by atoms with van der Waals surface area (Å²) in [6.07, 6.45) is 1.96. The Balaban J connectivity index is 0.00000456. The van der Waals surface area contributed by atoms with Crippen LogP contribution in [0.3, 0.4) is 0 Å². The number of amides is 2. The molecule has 3 rings (SSSR count). The highest BCUT2D eigenvalue weighted by molar-refractivity contribution is 5.77. The van der Waals surface area contributed by atoms with Crippen molar-refractivity contribution in [3.05, 3.63) is 83.0 Å². The lowest BCUT2D eigenvalue weighted by atomic mass is 9.99. The van der Waals surface area contributed by atoms with Crippen LogP contribution < -0.4 is 10.1 Å². The second-order valence-electron chi connectivity index (χ2n) is 8.20. The molecule has 1 heterocycles. The van der Waals surface area contributed by atoms with Crippen LogP contribution in [-0.4, -0.2) is 42.1 Å². The Kier molecular flexibility index (Phi) is 9.23. The molecule has 2 amide bonds. The number of hydrogen-bond acceptors (Lipinski definition) is 5. The fourth-order valence-electron chi connectivity index (χ4n) is 3.84. The van der Waals surface area contributed by atoms with E-state index in [4.69, 9.17) is 14.5 Å². The Labute approximate surface area is 208 Å². The molecule has 1 N–H and O–H groups in total. The molecule has 0 fully saturated rings. The number of aryl methyl sites for hydroxylation is 1. The standard InChI is InChI=1S/C28H33N3O4.H2/c1-5-31(28(33)30-18-21-10-8-7-9-11-21)19-23-14-20(3)17-29-27(23)24-15-22(12-13-25(24)34-4)16-26(32)35-6-2;/h7-15,17H,5-6,16,18-19H2,1-4H3,(H,30,33);1H. The highest BCUT2D eigenvalue weighted by Gasteiger charge is 2.19. The molecule has 0 bridgehead atoms. The van der Waals surface area contributed by atoms with E-state index in [1.807, 2.05) is 68.4 Å². The predicted octanol–water partition coefficient (Wildman–Crippen LogP) is 5.15. The van der Waals surface area contributed by atoms with Gasteiger partial charge in [0.15, 0.2) is 0 Å². The third-order valence-electron chi connectivity index (χ3n) is 5.59. The number of urea groups is 1. The van der Waals surface area contributed by atoms with E-state index in [9.17, 15) is 9.59 Å². The van der Waals surface area contributed by atoms with Crippen LogP contribution in [0.4, 0.5) is 4.79 Å². The molecule has 3 aromatic rings. The lowest BCUT2D eigenvalue weighted by Crippen LogP contribution is -2.39. The van der Waals surface area contributed by atoms with E-state index >= 15 is 0 Å². The quantitative estimate of drug-likeness (QED) is 0.409. The first-order chi connectivity index (χ1) is 16.9. The Morgan fingerprint density at radius 3 is 2.51 bits per heavy atom. The van der Waals surface area contributed by atoms with Gasteiger partial charge in [-0.25, -0.2) is 4.79 Å². The van der Waals surface area contributed by atoms with E-state index in [-0.39, 0.29) is 19.8 Å². The third kappa shape index (κ3) is 7.06. The molecule has 0 saturated carbocycles. The van der Waals surface area contributed by atoms with E-state index in [1.165, 1.54) is 0 Å². The van der Waals surface area contributed by atoms with Gasteiger partial charge in [0.2, 0.25) is 0 Å². The van der Waals surface area contributed by atoms with Gasteiger partial charge in [0.25, 0.3) is 0 Å². The summed E-state index contributed by atoms with van der Waals surface area (Å²) in [6, 6.07) is 17.3. The zero-order valence-corrected chi connectivity index (χ0v) is 20.8. The maximum absolute atomic E-state index is 13.0. The van der Waals surface area contributed by atoms with E-state index in [0.29, 0.717) is 37.7 Å². The fourth-order valence-corrected chi connectivity index (χ4v) is 3.84. The van der Waals surface area contributed by atoms with Gasteiger partial charge in [-0.2, -0.15) is 0 Å². The number of esters is 1. The first-order valence-corrected chi connectivity index (χ1v) is 11.8. The number of hydrogen-bond donors (Lipinski definition) is 1. The molecule has 7 nitrogen and oxygen atoms in total. The van der Waals surface area contributed by atoms with Gasteiger partial charge in [-0.1, -0.05) is 42.5 Å². The molecule has 35 heavy (non-hydrogen) atoms. The molecule has 0 aliphatic rings. The molecule has 1 aromatic heterocycles. The largest absolute Gasteiger partial charge is 0.496 e. The molecule has 0 saturated heterocycles. The minimum absolute atomic E-state index is 0. The Morgan fingerprint density at radius 2 is 1.83 bits per heavy atom. The molecule has 0 spiro atoms. The SMILES string of the molecule is CCOC(=O)Cc1ccc(OC)c(-c2ncc(C)cc2CN(CC)C(=O)NCc2ccccc2)c1.[HH]. The van der Waals surface area contributed by atoms with Crippen LogP contribution in [0.1, 0.15) is 37.5 Å². The van der Waals surface area contributed by atoms with Gasteiger partial charge in [-0.3, -0.25) is 9.78 Å². The lowest BCUT2D eigenvalue weighted by molar-refractivity contribution is -0.142. The normalized spacial score (nSPS) is 10.5. The Morgan fingerprint density at radius 1 is 1.06 bits per heavy atom. The highest BCUT2D eigenvalue weighted by Crippen LogP contribution is 2.33. The summed E-state index contributed by atoms with van der Waals surface area (Å²) >= 11 is 0. The van der Waals surface area contributed by atoms with E-state index in [0.717, 1.165) is 27.8 Å². The predicted molar refractivity (Wildman–Crippen MR) is 138 cm³/mol. The van der Waals surface area contributed by atoms with Gasteiger partial charge in [-0.05, 0) is 55.2 Å². The van der Waals surface area contributed by atoms with Crippen molar-refractivity contribution in [2.24, 2.45) is 0 Å². The molecular weight excluding hydrogens is 442 g/mol.